The van der Waals surface area contributed by atoms with Crippen LogP contribution < -0.4 is 4.74 Å². The Morgan fingerprint density at radius 3 is 2.74 bits per heavy atom. The second-order valence-corrected chi connectivity index (χ2v) is 6.79. The average Bonchev–Trinajstić information content (AvgIpc) is 3.05. The van der Waals surface area contributed by atoms with Crippen LogP contribution in [0.1, 0.15) is 26.0 Å². The fourth-order valence-corrected chi connectivity index (χ4v) is 3.24. The molecule has 23 heavy (non-hydrogen) atoms. The molecule has 1 fully saturated rings. The number of rotatable bonds is 7. The molecule has 1 saturated carbocycles. The summed E-state index contributed by atoms with van der Waals surface area (Å²) in [6.07, 6.45) is 1.42. The summed E-state index contributed by atoms with van der Waals surface area (Å²) in [6.45, 7) is 5.35. The van der Waals surface area contributed by atoms with E-state index in [1.54, 1.807) is 11.3 Å². The number of ether oxygens (including phenoxy) is 2. The predicted molar refractivity (Wildman–Crippen MR) is 90.7 cm³/mol. The van der Waals surface area contributed by atoms with Crippen molar-refractivity contribution in [2.24, 2.45) is 11.8 Å². The number of hydrogen-bond donors (Lipinski definition) is 0. The van der Waals surface area contributed by atoms with Crippen molar-refractivity contribution in [3.63, 3.8) is 0 Å². The van der Waals surface area contributed by atoms with Gasteiger partial charge in [0, 0.05) is 10.9 Å². The molecular formula is C18H21NO3S. The molecule has 122 valence electrons. The molecule has 1 aromatic heterocycles. The van der Waals surface area contributed by atoms with E-state index in [0.717, 1.165) is 22.0 Å². The molecule has 0 bridgehead atoms. The summed E-state index contributed by atoms with van der Waals surface area (Å²) in [4.78, 5) is 16.4. The summed E-state index contributed by atoms with van der Waals surface area (Å²) in [7, 11) is 0. The van der Waals surface area contributed by atoms with Crippen LogP contribution in [-0.4, -0.2) is 24.2 Å². The minimum Gasteiger partial charge on any atom is -0.494 e. The van der Waals surface area contributed by atoms with Gasteiger partial charge >= 0.3 is 5.97 Å². The number of thiazole rings is 1. The maximum absolute atomic E-state index is 11.8. The van der Waals surface area contributed by atoms with Crippen LogP contribution in [0.4, 0.5) is 0 Å². The third-order valence-corrected chi connectivity index (χ3v) is 4.96. The largest absolute Gasteiger partial charge is 0.494 e. The number of aromatic nitrogens is 1. The lowest BCUT2D eigenvalue weighted by Gasteiger charge is -2.03. The van der Waals surface area contributed by atoms with Gasteiger partial charge in [0.05, 0.1) is 25.3 Å². The van der Waals surface area contributed by atoms with Crippen LogP contribution in [0.3, 0.4) is 0 Å². The minimum absolute atomic E-state index is 0.187. The van der Waals surface area contributed by atoms with Crippen LogP contribution >= 0.6 is 11.3 Å². The molecule has 2 unspecified atom stereocenters. The highest BCUT2D eigenvalue weighted by molar-refractivity contribution is 7.13. The minimum atomic E-state index is -0.187. The first-order valence-electron chi connectivity index (χ1n) is 7.99. The van der Waals surface area contributed by atoms with Gasteiger partial charge in [-0.05, 0) is 49.4 Å². The Balaban J connectivity index is 1.55. The van der Waals surface area contributed by atoms with E-state index in [2.05, 4.69) is 11.9 Å². The van der Waals surface area contributed by atoms with E-state index in [4.69, 9.17) is 9.47 Å². The molecule has 0 saturated heterocycles. The van der Waals surface area contributed by atoms with Gasteiger partial charge in [-0.3, -0.25) is 4.79 Å². The Morgan fingerprint density at radius 1 is 1.35 bits per heavy atom. The summed E-state index contributed by atoms with van der Waals surface area (Å²) in [5.41, 5.74) is 1.80. The van der Waals surface area contributed by atoms with Gasteiger partial charge in [-0.2, -0.15) is 0 Å². The average molecular weight is 331 g/mol. The Kier molecular flexibility index (Phi) is 4.96. The lowest BCUT2D eigenvalue weighted by Crippen LogP contribution is -2.10. The summed E-state index contributed by atoms with van der Waals surface area (Å²) in [5.74, 6) is 1.93. The van der Waals surface area contributed by atoms with Gasteiger partial charge in [0.25, 0.3) is 0 Å². The van der Waals surface area contributed by atoms with Crippen molar-refractivity contribution < 1.29 is 14.3 Å². The van der Waals surface area contributed by atoms with Crippen LogP contribution in [0, 0.1) is 11.8 Å². The maximum Gasteiger partial charge on any atom is 0.311 e. The van der Waals surface area contributed by atoms with Gasteiger partial charge in [-0.15, -0.1) is 11.3 Å². The Morgan fingerprint density at radius 2 is 2.09 bits per heavy atom. The molecule has 3 rings (SSSR count). The lowest BCUT2D eigenvalue weighted by atomic mass is 10.2. The van der Waals surface area contributed by atoms with Gasteiger partial charge in [0.1, 0.15) is 10.8 Å². The summed E-state index contributed by atoms with van der Waals surface area (Å²) in [6, 6.07) is 7.84. The number of hydrogen-bond acceptors (Lipinski definition) is 5. The predicted octanol–water partition coefficient (Wildman–Crippen LogP) is 3.95. The lowest BCUT2D eigenvalue weighted by molar-refractivity contribution is -0.143. The van der Waals surface area contributed by atoms with E-state index in [0.29, 0.717) is 25.0 Å². The van der Waals surface area contributed by atoms with Crippen LogP contribution in [0.25, 0.3) is 10.6 Å². The first-order chi connectivity index (χ1) is 11.2. The van der Waals surface area contributed by atoms with Crippen molar-refractivity contribution in [1.29, 1.82) is 0 Å². The molecule has 1 aliphatic rings. The molecule has 1 aromatic carbocycles. The summed E-state index contributed by atoms with van der Waals surface area (Å²) >= 11 is 1.54. The van der Waals surface area contributed by atoms with E-state index in [9.17, 15) is 4.79 Å². The van der Waals surface area contributed by atoms with Crippen molar-refractivity contribution in [2.45, 2.75) is 26.7 Å². The quantitative estimate of drug-likeness (QED) is 0.721. The third kappa shape index (κ3) is 4.32. The second-order valence-electron chi connectivity index (χ2n) is 5.93. The normalized spacial score (nSPS) is 19.4. The Labute approximate surface area is 140 Å². The maximum atomic E-state index is 11.8. The number of nitrogens with zero attached hydrogens (tertiary/aromatic N) is 1. The topological polar surface area (TPSA) is 48.4 Å². The molecule has 0 spiro atoms. The van der Waals surface area contributed by atoms with Gasteiger partial charge < -0.3 is 9.47 Å². The first kappa shape index (κ1) is 16.0. The first-order valence-corrected chi connectivity index (χ1v) is 8.87. The zero-order valence-electron chi connectivity index (χ0n) is 13.5. The molecule has 1 heterocycles. The molecule has 0 aliphatic heterocycles. The molecule has 0 radical (unpaired) electrons. The standard InChI is InChI=1S/C18H21NO3S/c1-3-21-16-6-4-13(5-7-16)18-19-15(11-23-18)9-17(20)22-10-14-8-12(14)2/h4-7,11-12,14H,3,8-10H2,1-2H3. The van der Waals surface area contributed by atoms with E-state index in [1.807, 2.05) is 36.6 Å². The summed E-state index contributed by atoms with van der Waals surface area (Å²) < 4.78 is 10.7. The van der Waals surface area contributed by atoms with Gasteiger partial charge in [-0.1, -0.05) is 6.92 Å². The molecule has 5 heteroatoms. The fraction of sp³-hybridized carbons (Fsp3) is 0.444. The van der Waals surface area contributed by atoms with Crippen molar-refractivity contribution in [3.05, 3.63) is 35.3 Å². The fourth-order valence-electron chi connectivity index (χ4n) is 2.41. The van der Waals surface area contributed by atoms with Crippen LogP contribution in [0.2, 0.25) is 0 Å². The molecule has 2 atom stereocenters. The Bertz CT molecular complexity index is 665. The van der Waals surface area contributed by atoms with Gasteiger partial charge in [-0.25, -0.2) is 4.98 Å². The van der Waals surface area contributed by atoms with E-state index in [-0.39, 0.29) is 12.4 Å². The SMILES string of the molecule is CCOc1ccc(-c2nc(CC(=O)OCC3CC3C)cs2)cc1. The molecular weight excluding hydrogens is 310 g/mol. The van der Waals surface area contributed by atoms with E-state index in [1.165, 1.54) is 6.42 Å². The molecule has 1 aliphatic carbocycles. The second kappa shape index (κ2) is 7.13. The Hall–Kier alpha value is -1.88. The van der Waals surface area contributed by atoms with E-state index < -0.39 is 0 Å². The number of carbonyl (C=O) groups excluding carboxylic acids is 1. The number of esters is 1. The molecule has 0 N–H and O–H groups in total. The molecule has 2 aromatic rings. The summed E-state index contributed by atoms with van der Waals surface area (Å²) in [5, 5.41) is 2.83. The monoisotopic (exact) mass is 331 g/mol. The van der Waals surface area contributed by atoms with Crippen LogP contribution in [0.5, 0.6) is 5.75 Å². The molecule has 0 amide bonds. The van der Waals surface area contributed by atoms with Crippen molar-refractivity contribution in [3.8, 4) is 16.3 Å². The number of carbonyl (C=O) groups is 1. The van der Waals surface area contributed by atoms with Crippen molar-refractivity contribution in [1.82, 2.24) is 4.98 Å². The van der Waals surface area contributed by atoms with Crippen molar-refractivity contribution >= 4 is 17.3 Å². The van der Waals surface area contributed by atoms with E-state index >= 15 is 0 Å². The third-order valence-electron chi connectivity index (χ3n) is 4.02. The van der Waals surface area contributed by atoms with Crippen LogP contribution in [-0.2, 0) is 16.0 Å². The zero-order chi connectivity index (χ0) is 16.2. The van der Waals surface area contributed by atoms with Gasteiger partial charge in [0.2, 0.25) is 0 Å². The highest BCUT2D eigenvalue weighted by Gasteiger charge is 2.33. The van der Waals surface area contributed by atoms with Gasteiger partial charge in [0.15, 0.2) is 0 Å². The zero-order valence-corrected chi connectivity index (χ0v) is 14.3. The smallest absolute Gasteiger partial charge is 0.311 e. The number of benzene rings is 1. The van der Waals surface area contributed by atoms with Crippen LogP contribution in [0.15, 0.2) is 29.6 Å². The molecule has 4 nitrogen and oxygen atoms in total. The highest BCUT2D eigenvalue weighted by atomic mass is 32.1. The highest BCUT2D eigenvalue weighted by Crippen LogP contribution is 2.37. The van der Waals surface area contributed by atoms with Crippen molar-refractivity contribution in [2.75, 3.05) is 13.2 Å².